The van der Waals surface area contributed by atoms with Gasteiger partial charge in [-0.15, -0.1) is 0 Å². The summed E-state index contributed by atoms with van der Waals surface area (Å²) in [6, 6.07) is 23.5. The van der Waals surface area contributed by atoms with E-state index in [2.05, 4.69) is 10.4 Å². The van der Waals surface area contributed by atoms with Crippen LogP contribution >= 0.6 is 0 Å². The van der Waals surface area contributed by atoms with Crippen molar-refractivity contribution in [3.63, 3.8) is 0 Å². The maximum Gasteiger partial charge on any atom is 0.267 e. The van der Waals surface area contributed by atoms with Crippen molar-refractivity contribution in [1.82, 2.24) is 9.78 Å². The lowest BCUT2D eigenvalue weighted by Crippen LogP contribution is -2.29. The highest BCUT2D eigenvalue weighted by Gasteiger charge is 2.10. The molecule has 1 heterocycles. The van der Waals surface area contributed by atoms with Crippen LogP contribution in [0.4, 0.5) is 5.69 Å². The van der Waals surface area contributed by atoms with Gasteiger partial charge in [-0.25, -0.2) is 4.68 Å². The Morgan fingerprint density at radius 1 is 0.900 bits per heavy atom. The summed E-state index contributed by atoms with van der Waals surface area (Å²) in [5, 5.41) is 9.22. The highest BCUT2D eigenvalue weighted by molar-refractivity contribution is 5.96. The average molecular weight is 397 g/mol. The standard InChI is InChI=1S/C24H19N3O3/c1-16(28)17-9-11-19(12-10-17)25-23(29)15-27-24(30)14-13-22(26-27)21-8-4-6-18-5-2-3-7-20(18)21/h2-14H,15H2,1H3,(H,25,29). The van der Waals surface area contributed by atoms with Crippen LogP contribution in [0, 0.1) is 0 Å². The van der Waals surface area contributed by atoms with Crippen LogP contribution < -0.4 is 10.9 Å². The number of hydrogen-bond acceptors (Lipinski definition) is 4. The van der Waals surface area contributed by atoms with Gasteiger partial charge in [-0.3, -0.25) is 14.4 Å². The van der Waals surface area contributed by atoms with E-state index in [1.165, 1.54) is 13.0 Å². The van der Waals surface area contributed by atoms with E-state index < -0.39 is 0 Å². The van der Waals surface area contributed by atoms with Crippen molar-refractivity contribution >= 4 is 28.2 Å². The van der Waals surface area contributed by atoms with Crippen LogP contribution in [-0.4, -0.2) is 21.5 Å². The number of hydrogen-bond donors (Lipinski definition) is 1. The van der Waals surface area contributed by atoms with E-state index in [9.17, 15) is 14.4 Å². The van der Waals surface area contributed by atoms with Crippen molar-refractivity contribution < 1.29 is 9.59 Å². The molecule has 0 aliphatic heterocycles. The highest BCUT2D eigenvalue weighted by atomic mass is 16.2. The first-order valence-corrected chi connectivity index (χ1v) is 9.48. The van der Waals surface area contributed by atoms with Gasteiger partial charge in [0.05, 0.1) is 5.69 Å². The smallest absolute Gasteiger partial charge is 0.267 e. The summed E-state index contributed by atoms with van der Waals surface area (Å²) in [5.41, 5.74) is 2.25. The van der Waals surface area contributed by atoms with Crippen LogP contribution in [0.15, 0.2) is 83.7 Å². The molecule has 0 saturated carbocycles. The minimum absolute atomic E-state index is 0.0473. The molecule has 1 N–H and O–H groups in total. The number of fused-ring (bicyclic) bond motifs is 1. The number of amides is 1. The summed E-state index contributed by atoms with van der Waals surface area (Å²) in [4.78, 5) is 36.0. The molecule has 0 radical (unpaired) electrons. The summed E-state index contributed by atoms with van der Waals surface area (Å²) in [6.07, 6.45) is 0. The Bertz CT molecular complexity index is 1300. The molecule has 6 heteroatoms. The van der Waals surface area contributed by atoms with E-state index in [0.29, 0.717) is 16.9 Å². The molecule has 0 saturated heterocycles. The molecule has 4 aromatic rings. The molecule has 0 bridgehead atoms. The Labute approximate surface area is 172 Å². The van der Waals surface area contributed by atoms with Gasteiger partial charge >= 0.3 is 0 Å². The fraction of sp³-hybridized carbons (Fsp3) is 0.0833. The Morgan fingerprint density at radius 3 is 2.40 bits per heavy atom. The molecule has 0 spiro atoms. The Balaban J connectivity index is 1.58. The Morgan fingerprint density at radius 2 is 1.63 bits per heavy atom. The number of anilines is 1. The maximum absolute atomic E-state index is 12.4. The largest absolute Gasteiger partial charge is 0.324 e. The Hall–Kier alpha value is -4.06. The van der Waals surface area contributed by atoms with E-state index >= 15 is 0 Å². The lowest BCUT2D eigenvalue weighted by molar-refractivity contribution is -0.117. The van der Waals surface area contributed by atoms with Crippen molar-refractivity contribution in [3.8, 4) is 11.3 Å². The van der Waals surface area contributed by atoms with Gasteiger partial charge in [0.25, 0.3) is 5.56 Å². The monoisotopic (exact) mass is 397 g/mol. The molecule has 148 valence electrons. The number of aromatic nitrogens is 2. The van der Waals surface area contributed by atoms with E-state index in [4.69, 9.17) is 0 Å². The van der Waals surface area contributed by atoms with Crippen LogP contribution in [0.2, 0.25) is 0 Å². The van der Waals surface area contributed by atoms with Crippen LogP contribution in [0.25, 0.3) is 22.0 Å². The molecule has 0 unspecified atom stereocenters. The van der Waals surface area contributed by atoms with Gasteiger partial charge in [0, 0.05) is 22.9 Å². The van der Waals surface area contributed by atoms with Crippen LogP contribution in [-0.2, 0) is 11.3 Å². The second-order valence-corrected chi connectivity index (χ2v) is 6.92. The summed E-state index contributed by atoms with van der Waals surface area (Å²) >= 11 is 0. The third-order valence-electron chi connectivity index (χ3n) is 4.80. The van der Waals surface area contributed by atoms with Crippen LogP contribution in [0.5, 0.6) is 0 Å². The van der Waals surface area contributed by atoms with Crippen molar-refractivity contribution in [1.29, 1.82) is 0 Å². The first-order valence-electron chi connectivity index (χ1n) is 9.48. The number of rotatable bonds is 5. The fourth-order valence-electron chi connectivity index (χ4n) is 3.28. The van der Waals surface area contributed by atoms with Gasteiger partial charge in [-0.2, -0.15) is 5.10 Å². The van der Waals surface area contributed by atoms with Gasteiger partial charge in [-0.1, -0.05) is 42.5 Å². The minimum atomic E-state index is -0.379. The van der Waals surface area contributed by atoms with Crippen molar-refractivity contribution in [2.45, 2.75) is 13.5 Å². The van der Waals surface area contributed by atoms with Crippen LogP contribution in [0.1, 0.15) is 17.3 Å². The summed E-state index contributed by atoms with van der Waals surface area (Å²) in [7, 11) is 0. The molecule has 1 aromatic heterocycles. The van der Waals surface area contributed by atoms with E-state index in [0.717, 1.165) is 21.0 Å². The molecular formula is C24H19N3O3. The zero-order valence-electron chi connectivity index (χ0n) is 16.3. The second-order valence-electron chi connectivity index (χ2n) is 6.92. The molecule has 0 atom stereocenters. The van der Waals surface area contributed by atoms with Crippen molar-refractivity contribution in [2.24, 2.45) is 0 Å². The third kappa shape index (κ3) is 4.03. The topological polar surface area (TPSA) is 81.1 Å². The first-order chi connectivity index (χ1) is 14.5. The molecule has 0 fully saturated rings. The van der Waals surface area contributed by atoms with Gasteiger partial charge < -0.3 is 5.32 Å². The van der Waals surface area contributed by atoms with Crippen LogP contribution in [0.3, 0.4) is 0 Å². The highest BCUT2D eigenvalue weighted by Crippen LogP contribution is 2.26. The summed E-state index contributed by atoms with van der Waals surface area (Å²) in [5.74, 6) is -0.427. The molecule has 0 aliphatic rings. The van der Waals surface area contributed by atoms with E-state index in [1.54, 1.807) is 30.3 Å². The van der Waals surface area contributed by atoms with Gasteiger partial charge in [0.15, 0.2) is 5.78 Å². The lowest BCUT2D eigenvalue weighted by Gasteiger charge is -2.10. The van der Waals surface area contributed by atoms with Crippen molar-refractivity contribution in [3.05, 3.63) is 94.8 Å². The SMILES string of the molecule is CC(=O)c1ccc(NC(=O)Cn2nc(-c3cccc4ccccc34)ccc2=O)cc1. The van der Waals surface area contributed by atoms with Gasteiger partial charge in [-0.05, 0) is 48.0 Å². The quantitative estimate of drug-likeness (QED) is 0.518. The minimum Gasteiger partial charge on any atom is -0.324 e. The van der Waals surface area contributed by atoms with Crippen molar-refractivity contribution in [2.75, 3.05) is 5.32 Å². The molecule has 1 amide bonds. The second kappa shape index (κ2) is 8.13. The van der Waals surface area contributed by atoms with Gasteiger partial charge in [0.2, 0.25) is 5.91 Å². The molecule has 0 aliphatic carbocycles. The number of Topliss-reactive ketones (excluding diaryl/α,β-unsaturated/α-hetero) is 1. The van der Waals surface area contributed by atoms with E-state index in [1.807, 2.05) is 42.5 Å². The molecular weight excluding hydrogens is 378 g/mol. The molecule has 6 nitrogen and oxygen atoms in total. The number of benzene rings is 3. The predicted molar refractivity (Wildman–Crippen MR) is 117 cm³/mol. The number of nitrogens with one attached hydrogen (secondary N) is 1. The molecule has 3 aromatic carbocycles. The molecule has 4 rings (SSSR count). The summed E-state index contributed by atoms with van der Waals surface area (Å²) < 4.78 is 1.15. The number of carbonyl (C=O) groups is 2. The van der Waals surface area contributed by atoms with Gasteiger partial charge in [0.1, 0.15) is 6.54 Å². The number of ketones is 1. The number of carbonyl (C=O) groups excluding carboxylic acids is 2. The zero-order chi connectivity index (χ0) is 21.1. The first kappa shape index (κ1) is 19.3. The normalized spacial score (nSPS) is 10.7. The fourth-order valence-corrected chi connectivity index (χ4v) is 3.28. The number of nitrogens with zero attached hydrogens (tertiary/aromatic N) is 2. The zero-order valence-corrected chi connectivity index (χ0v) is 16.3. The third-order valence-corrected chi connectivity index (χ3v) is 4.80. The predicted octanol–water partition coefficient (Wildman–Crippen LogP) is 3.90. The molecule has 30 heavy (non-hydrogen) atoms. The maximum atomic E-state index is 12.4. The average Bonchev–Trinajstić information content (AvgIpc) is 2.75. The Kier molecular flexibility index (Phi) is 5.22. The lowest BCUT2D eigenvalue weighted by atomic mass is 10.0. The van der Waals surface area contributed by atoms with E-state index in [-0.39, 0.29) is 23.8 Å². The summed E-state index contributed by atoms with van der Waals surface area (Å²) in [6.45, 7) is 1.26.